The van der Waals surface area contributed by atoms with Gasteiger partial charge in [-0.3, -0.25) is 4.68 Å². The highest BCUT2D eigenvalue weighted by Gasteiger charge is 2.25. The third-order valence-corrected chi connectivity index (χ3v) is 6.48. The molecule has 27 heavy (non-hydrogen) atoms. The lowest BCUT2D eigenvalue weighted by Crippen LogP contribution is -2.30. The molecule has 0 bridgehead atoms. The van der Waals surface area contributed by atoms with E-state index in [1.54, 1.807) is 23.0 Å². The van der Waals surface area contributed by atoms with Gasteiger partial charge in [0.15, 0.2) is 0 Å². The summed E-state index contributed by atoms with van der Waals surface area (Å²) in [5.41, 5.74) is 3.87. The van der Waals surface area contributed by atoms with Crippen LogP contribution < -0.4 is 0 Å². The molecule has 142 valence electrons. The number of hydrogen-bond donors (Lipinski definition) is 0. The van der Waals surface area contributed by atoms with Crippen molar-refractivity contribution < 1.29 is 8.42 Å². The first kappa shape index (κ1) is 19.3. The van der Waals surface area contributed by atoms with Gasteiger partial charge in [0.1, 0.15) is 0 Å². The molecule has 0 atom stereocenters. The van der Waals surface area contributed by atoms with Crippen molar-refractivity contribution in [2.45, 2.75) is 45.3 Å². The summed E-state index contributed by atoms with van der Waals surface area (Å²) < 4.78 is 30.1. The van der Waals surface area contributed by atoms with Crippen LogP contribution in [0.1, 0.15) is 29.2 Å². The van der Waals surface area contributed by atoms with E-state index in [0.29, 0.717) is 11.4 Å². The summed E-state index contributed by atoms with van der Waals surface area (Å²) >= 11 is 0. The Balaban J connectivity index is 1.97. The molecule has 0 amide bonds. The normalized spacial score (nSPS) is 11.9. The minimum absolute atomic E-state index is 0.282. The third-order valence-electron chi connectivity index (χ3n) is 4.69. The smallest absolute Gasteiger partial charge is 0.243 e. The van der Waals surface area contributed by atoms with Crippen molar-refractivity contribution in [3.63, 3.8) is 0 Å². The summed E-state index contributed by atoms with van der Waals surface area (Å²) in [5.74, 6) is 0. The number of hydrogen-bond acceptors (Lipinski definition) is 3. The first-order valence-electron chi connectivity index (χ1n) is 9.03. The summed E-state index contributed by atoms with van der Waals surface area (Å²) in [4.78, 5) is 0.324. The maximum Gasteiger partial charge on any atom is 0.243 e. The summed E-state index contributed by atoms with van der Waals surface area (Å²) in [6, 6.07) is 14.9. The molecule has 0 spiro atoms. The predicted molar refractivity (Wildman–Crippen MR) is 107 cm³/mol. The van der Waals surface area contributed by atoms with Crippen LogP contribution in [0, 0.1) is 13.8 Å². The summed E-state index contributed by atoms with van der Waals surface area (Å²) in [7, 11) is -3.64. The molecule has 0 aliphatic carbocycles. The Morgan fingerprint density at radius 1 is 0.963 bits per heavy atom. The van der Waals surface area contributed by atoms with E-state index in [9.17, 15) is 8.42 Å². The Kier molecular flexibility index (Phi) is 5.77. The SMILES string of the molecule is CCn1cc(CN(Cc2ccccc2)S(=O)(=O)c2ccc(C)c(C)c2)cn1. The van der Waals surface area contributed by atoms with Crippen molar-refractivity contribution in [2.75, 3.05) is 0 Å². The Hall–Kier alpha value is -2.44. The highest BCUT2D eigenvalue weighted by Crippen LogP contribution is 2.23. The molecule has 3 rings (SSSR count). The lowest BCUT2D eigenvalue weighted by atomic mass is 10.1. The minimum atomic E-state index is -3.64. The first-order valence-corrected chi connectivity index (χ1v) is 10.5. The minimum Gasteiger partial charge on any atom is -0.273 e. The fourth-order valence-electron chi connectivity index (χ4n) is 2.90. The molecular formula is C21H25N3O2S. The average Bonchev–Trinajstić information content (AvgIpc) is 3.12. The number of benzene rings is 2. The molecule has 0 saturated carbocycles. The Labute approximate surface area is 161 Å². The third kappa shape index (κ3) is 4.46. The van der Waals surface area contributed by atoms with E-state index >= 15 is 0 Å². The van der Waals surface area contributed by atoms with E-state index in [2.05, 4.69) is 5.10 Å². The number of aryl methyl sites for hydroxylation is 3. The van der Waals surface area contributed by atoms with Crippen molar-refractivity contribution in [2.24, 2.45) is 0 Å². The summed E-state index contributed by atoms with van der Waals surface area (Å²) in [6.07, 6.45) is 3.63. The molecule has 0 fully saturated rings. The van der Waals surface area contributed by atoms with Gasteiger partial charge in [-0.15, -0.1) is 0 Å². The summed E-state index contributed by atoms with van der Waals surface area (Å²) in [6.45, 7) is 7.26. The van der Waals surface area contributed by atoms with Gasteiger partial charge in [0, 0.05) is 31.4 Å². The maximum absolute atomic E-state index is 13.4. The van der Waals surface area contributed by atoms with Crippen LogP contribution in [0.3, 0.4) is 0 Å². The molecule has 0 saturated heterocycles. The highest BCUT2D eigenvalue weighted by atomic mass is 32.2. The second-order valence-electron chi connectivity index (χ2n) is 6.71. The Morgan fingerprint density at radius 3 is 2.30 bits per heavy atom. The zero-order chi connectivity index (χ0) is 19.4. The van der Waals surface area contributed by atoms with Crippen LogP contribution in [0.25, 0.3) is 0 Å². The zero-order valence-electron chi connectivity index (χ0n) is 16.0. The van der Waals surface area contributed by atoms with Gasteiger partial charge in [0.25, 0.3) is 0 Å². The molecular weight excluding hydrogens is 358 g/mol. The monoisotopic (exact) mass is 383 g/mol. The van der Waals surface area contributed by atoms with Crippen molar-refractivity contribution >= 4 is 10.0 Å². The number of nitrogens with zero attached hydrogens (tertiary/aromatic N) is 3. The van der Waals surface area contributed by atoms with Gasteiger partial charge >= 0.3 is 0 Å². The maximum atomic E-state index is 13.4. The summed E-state index contributed by atoms with van der Waals surface area (Å²) in [5, 5.41) is 4.27. The van der Waals surface area contributed by atoms with E-state index in [-0.39, 0.29) is 6.54 Å². The second-order valence-corrected chi connectivity index (χ2v) is 8.65. The lowest BCUT2D eigenvalue weighted by molar-refractivity contribution is 0.401. The van der Waals surface area contributed by atoms with Crippen LogP contribution in [0.2, 0.25) is 0 Å². The van der Waals surface area contributed by atoms with Crippen molar-refractivity contribution in [1.29, 1.82) is 0 Å². The van der Waals surface area contributed by atoms with Crippen molar-refractivity contribution in [1.82, 2.24) is 14.1 Å². The van der Waals surface area contributed by atoms with Crippen LogP contribution in [0.5, 0.6) is 0 Å². The van der Waals surface area contributed by atoms with E-state index < -0.39 is 10.0 Å². The molecule has 3 aromatic rings. The molecule has 6 heteroatoms. The van der Waals surface area contributed by atoms with Crippen molar-refractivity contribution in [3.05, 3.63) is 83.2 Å². The average molecular weight is 384 g/mol. The largest absolute Gasteiger partial charge is 0.273 e. The molecule has 0 aliphatic rings. The Bertz CT molecular complexity index is 1010. The molecule has 1 heterocycles. The van der Waals surface area contributed by atoms with Gasteiger partial charge < -0.3 is 0 Å². The van der Waals surface area contributed by atoms with Crippen LogP contribution in [-0.4, -0.2) is 22.5 Å². The number of rotatable bonds is 7. The van der Waals surface area contributed by atoms with Crippen LogP contribution >= 0.6 is 0 Å². The van der Waals surface area contributed by atoms with Crippen LogP contribution in [-0.2, 0) is 29.7 Å². The Morgan fingerprint density at radius 2 is 1.67 bits per heavy atom. The zero-order valence-corrected chi connectivity index (χ0v) is 16.8. The molecule has 0 radical (unpaired) electrons. The van der Waals surface area contributed by atoms with Crippen molar-refractivity contribution in [3.8, 4) is 0 Å². The van der Waals surface area contributed by atoms with Crippen LogP contribution in [0.4, 0.5) is 0 Å². The molecule has 0 aliphatic heterocycles. The van der Waals surface area contributed by atoms with Gasteiger partial charge in [-0.2, -0.15) is 9.40 Å². The van der Waals surface area contributed by atoms with Gasteiger partial charge in [-0.25, -0.2) is 8.42 Å². The van der Waals surface area contributed by atoms with Crippen LogP contribution in [0.15, 0.2) is 65.8 Å². The van der Waals surface area contributed by atoms with E-state index in [1.807, 2.05) is 63.4 Å². The topological polar surface area (TPSA) is 55.2 Å². The van der Waals surface area contributed by atoms with E-state index in [4.69, 9.17) is 0 Å². The first-order chi connectivity index (χ1) is 12.9. The second kappa shape index (κ2) is 8.06. The van der Waals surface area contributed by atoms with Gasteiger partial charge in [-0.1, -0.05) is 36.4 Å². The lowest BCUT2D eigenvalue weighted by Gasteiger charge is -2.22. The number of aromatic nitrogens is 2. The number of sulfonamides is 1. The predicted octanol–water partition coefficient (Wildman–Crippen LogP) is 3.91. The molecule has 0 unspecified atom stereocenters. The fraction of sp³-hybridized carbons (Fsp3) is 0.286. The standard InChI is InChI=1S/C21H25N3O2S/c1-4-23-14-20(13-22-23)16-24(15-19-8-6-5-7-9-19)27(25,26)21-11-10-17(2)18(3)12-21/h5-14H,4,15-16H2,1-3H3. The molecule has 5 nitrogen and oxygen atoms in total. The highest BCUT2D eigenvalue weighted by molar-refractivity contribution is 7.89. The van der Waals surface area contributed by atoms with E-state index in [1.165, 1.54) is 4.31 Å². The quantitative estimate of drug-likeness (QED) is 0.621. The van der Waals surface area contributed by atoms with Gasteiger partial charge in [-0.05, 0) is 49.6 Å². The van der Waals surface area contributed by atoms with E-state index in [0.717, 1.165) is 28.8 Å². The van der Waals surface area contributed by atoms with Gasteiger partial charge in [0.2, 0.25) is 10.0 Å². The molecule has 0 N–H and O–H groups in total. The molecule has 2 aromatic carbocycles. The molecule has 1 aromatic heterocycles. The van der Waals surface area contributed by atoms with Gasteiger partial charge in [0.05, 0.1) is 11.1 Å². The fourth-order valence-corrected chi connectivity index (χ4v) is 4.40.